The summed E-state index contributed by atoms with van der Waals surface area (Å²) in [5.41, 5.74) is 0. The Morgan fingerprint density at radius 2 is 0.850 bits per heavy atom. The van der Waals surface area contributed by atoms with Crippen molar-refractivity contribution in [2.24, 2.45) is 0 Å². The number of hydrogen-bond donors (Lipinski definition) is 5. The molecule has 0 aliphatic rings. The summed E-state index contributed by atoms with van der Waals surface area (Å²) in [6.45, 7) is 3.90. The third kappa shape index (κ3) is 24.0. The van der Waals surface area contributed by atoms with Gasteiger partial charge >= 0.3 is 0 Å². The van der Waals surface area contributed by atoms with Gasteiger partial charge < -0.3 is 25.7 Å². The van der Waals surface area contributed by atoms with Crippen LogP contribution in [0, 0.1) is 0 Å². The number of carbonyl (C=O) groups excluding carboxylic acids is 1. The van der Waals surface area contributed by atoms with E-state index in [0.717, 1.165) is 44.9 Å². The minimum Gasteiger partial charge on any atom is -0.394 e. The van der Waals surface area contributed by atoms with Crippen molar-refractivity contribution in [3.05, 3.63) is 0 Å². The maximum absolute atomic E-state index is 12.3. The molecule has 0 radical (unpaired) electrons. The van der Waals surface area contributed by atoms with Gasteiger partial charge in [0.05, 0.1) is 18.8 Å². The fourth-order valence-corrected chi connectivity index (χ4v) is 5.46. The molecule has 0 rings (SSSR count). The summed E-state index contributed by atoms with van der Waals surface area (Å²) in [6.07, 6.45) is 27.6. The lowest BCUT2D eigenvalue weighted by Crippen LogP contribution is -2.53. The Balaban J connectivity index is 3.61. The predicted molar refractivity (Wildman–Crippen MR) is 168 cm³/mol. The second kappa shape index (κ2) is 29.8. The lowest BCUT2D eigenvalue weighted by atomic mass is 9.99. The molecule has 0 aromatic rings. The van der Waals surface area contributed by atoms with Gasteiger partial charge in [0.2, 0.25) is 5.91 Å². The maximum Gasteiger partial charge on any atom is 0.249 e. The van der Waals surface area contributed by atoms with E-state index in [1.807, 2.05) is 0 Å². The Kier molecular flexibility index (Phi) is 29.3. The summed E-state index contributed by atoms with van der Waals surface area (Å²) >= 11 is 0. The molecule has 0 aromatic heterocycles. The predicted octanol–water partition coefficient (Wildman–Crippen LogP) is 7.73. The van der Waals surface area contributed by atoms with E-state index in [9.17, 15) is 25.2 Å². The van der Waals surface area contributed by atoms with E-state index in [1.165, 1.54) is 109 Å². The van der Waals surface area contributed by atoms with Crippen molar-refractivity contribution in [1.82, 2.24) is 5.32 Å². The summed E-state index contributed by atoms with van der Waals surface area (Å²) in [5.74, 6) is -0.589. The van der Waals surface area contributed by atoms with Crippen molar-refractivity contribution in [3.8, 4) is 0 Å². The van der Waals surface area contributed by atoms with Gasteiger partial charge in [0.25, 0.3) is 0 Å². The van der Waals surface area contributed by atoms with Gasteiger partial charge in [0, 0.05) is 0 Å². The monoisotopic (exact) mass is 572 g/mol. The molecule has 0 fully saturated rings. The van der Waals surface area contributed by atoms with Crippen LogP contribution in [0.2, 0.25) is 0 Å². The second-order valence-electron chi connectivity index (χ2n) is 12.2. The van der Waals surface area contributed by atoms with Gasteiger partial charge in [-0.3, -0.25) is 4.79 Å². The van der Waals surface area contributed by atoms with Gasteiger partial charge in [0.15, 0.2) is 0 Å². The van der Waals surface area contributed by atoms with Gasteiger partial charge in [-0.25, -0.2) is 0 Å². The third-order valence-corrected chi connectivity index (χ3v) is 8.32. The van der Waals surface area contributed by atoms with Crippen LogP contribution in [-0.4, -0.2) is 57.3 Å². The van der Waals surface area contributed by atoms with E-state index in [1.54, 1.807) is 0 Å². The van der Waals surface area contributed by atoms with Gasteiger partial charge in [-0.15, -0.1) is 0 Å². The number of hydrogen-bond acceptors (Lipinski definition) is 5. The molecule has 0 aromatic carbocycles. The normalized spacial score (nSPS) is 14.7. The van der Waals surface area contributed by atoms with Crippen LogP contribution in [0.4, 0.5) is 0 Å². The molecule has 6 heteroatoms. The SMILES string of the molecule is CCCCCCCCCCCCCCCCCCCCCCC(O)C(=O)NC(CO)C(O)C(O)CCCCCC. The lowest BCUT2D eigenvalue weighted by Gasteiger charge is -2.27. The molecular weight excluding hydrogens is 502 g/mol. The molecule has 0 aliphatic heterocycles. The molecule has 0 saturated carbocycles. The van der Waals surface area contributed by atoms with Gasteiger partial charge in [-0.1, -0.05) is 168 Å². The van der Waals surface area contributed by atoms with E-state index in [0.29, 0.717) is 12.8 Å². The Morgan fingerprint density at radius 3 is 1.23 bits per heavy atom. The zero-order valence-electron chi connectivity index (χ0n) is 26.6. The number of carbonyl (C=O) groups is 1. The summed E-state index contributed by atoms with van der Waals surface area (Å²) in [6, 6.07) is -0.974. The molecule has 240 valence electrons. The molecule has 0 bridgehead atoms. The van der Waals surface area contributed by atoms with Gasteiger partial charge in [-0.2, -0.15) is 0 Å². The smallest absolute Gasteiger partial charge is 0.249 e. The molecule has 5 N–H and O–H groups in total. The molecule has 40 heavy (non-hydrogen) atoms. The molecular formula is C34H69NO5. The molecule has 0 heterocycles. The Morgan fingerprint density at radius 1 is 0.525 bits per heavy atom. The maximum atomic E-state index is 12.3. The largest absolute Gasteiger partial charge is 0.394 e. The van der Waals surface area contributed by atoms with Crippen LogP contribution >= 0.6 is 0 Å². The van der Waals surface area contributed by atoms with Crippen molar-refractivity contribution >= 4 is 5.91 Å². The van der Waals surface area contributed by atoms with Crippen LogP contribution in [0.1, 0.15) is 181 Å². The van der Waals surface area contributed by atoms with Crippen molar-refractivity contribution in [3.63, 3.8) is 0 Å². The van der Waals surface area contributed by atoms with Crippen molar-refractivity contribution < 1.29 is 25.2 Å². The first-order valence-electron chi connectivity index (χ1n) is 17.4. The van der Waals surface area contributed by atoms with Crippen molar-refractivity contribution in [2.75, 3.05) is 6.61 Å². The summed E-state index contributed by atoms with van der Waals surface area (Å²) in [5, 5.41) is 42.8. The topological polar surface area (TPSA) is 110 Å². The van der Waals surface area contributed by atoms with Crippen LogP contribution in [0.3, 0.4) is 0 Å². The molecule has 0 spiro atoms. The lowest BCUT2D eigenvalue weighted by molar-refractivity contribution is -0.132. The third-order valence-electron chi connectivity index (χ3n) is 8.32. The van der Waals surface area contributed by atoms with E-state index in [4.69, 9.17) is 0 Å². The average Bonchev–Trinajstić information content (AvgIpc) is 2.96. The zero-order valence-corrected chi connectivity index (χ0v) is 26.6. The van der Waals surface area contributed by atoms with Crippen molar-refractivity contribution in [2.45, 2.75) is 205 Å². The van der Waals surface area contributed by atoms with E-state index >= 15 is 0 Å². The van der Waals surface area contributed by atoms with E-state index < -0.39 is 36.9 Å². The van der Waals surface area contributed by atoms with Crippen LogP contribution in [-0.2, 0) is 4.79 Å². The van der Waals surface area contributed by atoms with Crippen LogP contribution in [0.15, 0.2) is 0 Å². The van der Waals surface area contributed by atoms with Gasteiger partial charge in [0.1, 0.15) is 12.2 Å². The molecule has 1 amide bonds. The number of aliphatic hydroxyl groups is 4. The van der Waals surface area contributed by atoms with E-state index in [2.05, 4.69) is 19.2 Å². The molecule has 0 saturated heterocycles. The van der Waals surface area contributed by atoms with Crippen molar-refractivity contribution in [1.29, 1.82) is 0 Å². The summed E-state index contributed by atoms with van der Waals surface area (Å²) in [7, 11) is 0. The highest BCUT2D eigenvalue weighted by atomic mass is 16.3. The number of nitrogens with one attached hydrogen (secondary N) is 1. The highest BCUT2D eigenvalue weighted by Crippen LogP contribution is 2.16. The number of amides is 1. The average molecular weight is 572 g/mol. The van der Waals surface area contributed by atoms with Crippen LogP contribution in [0.5, 0.6) is 0 Å². The molecule has 4 unspecified atom stereocenters. The molecule has 4 atom stereocenters. The zero-order chi connectivity index (χ0) is 29.7. The highest BCUT2D eigenvalue weighted by Gasteiger charge is 2.28. The number of rotatable bonds is 31. The second-order valence-corrected chi connectivity index (χ2v) is 12.2. The summed E-state index contributed by atoms with van der Waals surface area (Å²) < 4.78 is 0. The Bertz CT molecular complexity index is 532. The van der Waals surface area contributed by atoms with E-state index in [-0.39, 0.29) is 0 Å². The first-order valence-corrected chi connectivity index (χ1v) is 17.4. The Hall–Kier alpha value is -0.690. The summed E-state index contributed by atoms with van der Waals surface area (Å²) in [4.78, 5) is 12.3. The Labute approximate surface area is 248 Å². The minimum atomic E-state index is -1.25. The van der Waals surface area contributed by atoms with Crippen LogP contribution in [0.25, 0.3) is 0 Å². The quantitative estimate of drug-likeness (QED) is 0.0547. The molecule has 0 aliphatic carbocycles. The fourth-order valence-electron chi connectivity index (χ4n) is 5.46. The first kappa shape index (κ1) is 39.3. The highest BCUT2D eigenvalue weighted by molar-refractivity contribution is 5.80. The first-order chi connectivity index (χ1) is 19.5. The number of unbranched alkanes of at least 4 members (excludes halogenated alkanes) is 22. The van der Waals surface area contributed by atoms with Crippen LogP contribution < -0.4 is 5.32 Å². The standard InChI is InChI=1S/C34H69NO5/c1-3-5-7-9-10-11-12-13-14-15-16-17-18-19-20-21-22-23-24-26-28-32(38)34(40)35-30(29-36)33(39)31(37)27-25-8-6-4-2/h30-33,36-39H,3-29H2,1-2H3,(H,35,40). The molecule has 6 nitrogen and oxygen atoms in total. The minimum absolute atomic E-state index is 0.374. The fraction of sp³-hybridized carbons (Fsp3) is 0.971. The number of aliphatic hydroxyl groups excluding tert-OH is 4. The van der Waals surface area contributed by atoms with Gasteiger partial charge in [-0.05, 0) is 12.8 Å².